The molecular formula is C29H33N7O5S. The van der Waals surface area contributed by atoms with Crippen molar-refractivity contribution in [3.63, 3.8) is 0 Å². The molecule has 13 heteroatoms. The summed E-state index contributed by atoms with van der Waals surface area (Å²) in [4.78, 5) is 52.7. The summed E-state index contributed by atoms with van der Waals surface area (Å²) in [6, 6.07) is 5.70. The summed E-state index contributed by atoms with van der Waals surface area (Å²) in [5.74, 6) is -1.91. The summed E-state index contributed by atoms with van der Waals surface area (Å²) in [6.45, 7) is 4.27. The number of aromatic hydroxyl groups is 1. The van der Waals surface area contributed by atoms with Crippen LogP contribution in [0, 0.1) is 13.8 Å². The second-order valence-electron chi connectivity index (χ2n) is 9.82. The molecule has 0 fully saturated rings. The van der Waals surface area contributed by atoms with Crippen LogP contribution in [-0.4, -0.2) is 80.6 Å². The van der Waals surface area contributed by atoms with Crippen molar-refractivity contribution < 1.29 is 24.6 Å². The number of aromatic nitrogens is 3. The fraction of sp³-hybridized carbons (Fsp3) is 0.310. The van der Waals surface area contributed by atoms with E-state index < -0.39 is 23.8 Å². The van der Waals surface area contributed by atoms with E-state index in [2.05, 4.69) is 30.9 Å². The van der Waals surface area contributed by atoms with Gasteiger partial charge in [0.15, 0.2) is 0 Å². The predicted molar refractivity (Wildman–Crippen MR) is 160 cm³/mol. The number of aryl methyl sites for hydroxylation is 3. The molecular weight excluding hydrogens is 558 g/mol. The van der Waals surface area contributed by atoms with Crippen molar-refractivity contribution in [3.8, 4) is 5.75 Å². The summed E-state index contributed by atoms with van der Waals surface area (Å²) in [6.07, 6.45) is 7.37. The molecule has 3 heterocycles. The van der Waals surface area contributed by atoms with Crippen molar-refractivity contribution in [1.82, 2.24) is 30.5 Å². The zero-order valence-electron chi connectivity index (χ0n) is 23.5. The van der Waals surface area contributed by atoms with E-state index in [0.29, 0.717) is 28.9 Å². The molecule has 0 unspecified atom stereocenters. The van der Waals surface area contributed by atoms with Crippen LogP contribution in [0.3, 0.4) is 0 Å². The number of rotatable bonds is 12. The standard InChI is InChI=1S/C29H33N7O5S/c1-17-24(18(2)33-29(32-17)30-11-5-7-19-6-4-8-21(37)14-19)26(39)34-22(28(40)41)15-31-25(38)23-16-42-27(35-23)20-9-12-36(3)13-10-20/h4,6,8-10,12,14,16,22,37H,5,7,11,13,15H2,1-3H3,(H,31,38)(H,34,39)(H,40,41)(H,30,32,33)/t22-/m0/s1. The number of carboxylic acids is 1. The lowest BCUT2D eigenvalue weighted by molar-refractivity contribution is -0.139. The Morgan fingerprint density at radius 3 is 2.55 bits per heavy atom. The minimum Gasteiger partial charge on any atom is -0.508 e. The smallest absolute Gasteiger partial charge is 0.328 e. The van der Waals surface area contributed by atoms with Gasteiger partial charge in [0.1, 0.15) is 22.5 Å². The minimum absolute atomic E-state index is 0.168. The third kappa shape index (κ3) is 7.91. The molecule has 1 atom stereocenters. The molecule has 3 aromatic rings. The lowest BCUT2D eigenvalue weighted by Crippen LogP contribution is -2.48. The maximum absolute atomic E-state index is 13.0. The SMILES string of the molecule is Cc1nc(NCCCc2cccc(O)c2)nc(C)c1C(=O)N[C@@H](CNC(=O)c1csc(C2=CCN(C)C=C2)n1)C(=O)O. The average Bonchev–Trinajstić information content (AvgIpc) is 3.44. The number of hydrogen-bond acceptors (Lipinski definition) is 10. The lowest BCUT2D eigenvalue weighted by Gasteiger charge is -2.17. The topological polar surface area (TPSA) is 170 Å². The summed E-state index contributed by atoms with van der Waals surface area (Å²) < 4.78 is 0. The highest BCUT2D eigenvalue weighted by Crippen LogP contribution is 2.23. The highest BCUT2D eigenvalue weighted by Gasteiger charge is 2.25. The first-order valence-electron chi connectivity index (χ1n) is 13.3. The Labute approximate surface area is 247 Å². The van der Waals surface area contributed by atoms with Gasteiger partial charge in [-0.05, 0) is 56.7 Å². The number of thiazole rings is 1. The Kier molecular flexibility index (Phi) is 9.86. The fourth-order valence-electron chi connectivity index (χ4n) is 4.29. The van der Waals surface area contributed by atoms with Crippen molar-refractivity contribution >= 4 is 40.6 Å². The van der Waals surface area contributed by atoms with Gasteiger partial charge in [0.2, 0.25) is 5.95 Å². The van der Waals surface area contributed by atoms with Crippen molar-refractivity contribution in [2.45, 2.75) is 32.7 Å². The minimum atomic E-state index is -1.38. The molecule has 1 aliphatic rings. The maximum Gasteiger partial charge on any atom is 0.328 e. The van der Waals surface area contributed by atoms with Gasteiger partial charge in [-0.25, -0.2) is 19.7 Å². The van der Waals surface area contributed by atoms with Gasteiger partial charge in [-0.15, -0.1) is 11.3 Å². The number of nitrogens with one attached hydrogen (secondary N) is 3. The molecule has 0 spiro atoms. The predicted octanol–water partition coefficient (Wildman–Crippen LogP) is 2.76. The third-order valence-electron chi connectivity index (χ3n) is 6.50. The number of hydrogen-bond donors (Lipinski definition) is 5. The molecule has 2 aromatic heterocycles. The van der Waals surface area contributed by atoms with Crippen LogP contribution < -0.4 is 16.0 Å². The van der Waals surface area contributed by atoms with Gasteiger partial charge < -0.3 is 31.1 Å². The number of carboxylic acid groups (broad SMARTS) is 1. The van der Waals surface area contributed by atoms with E-state index in [4.69, 9.17) is 0 Å². The van der Waals surface area contributed by atoms with Crippen LogP contribution in [-0.2, 0) is 11.2 Å². The van der Waals surface area contributed by atoms with E-state index in [0.717, 1.165) is 30.5 Å². The molecule has 0 radical (unpaired) electrons. The van der Waals surface area contributed by atoms with E-state index in [1.165, 1.54) is 11.3 Å². The van der Waals surface area contributed by atoms with Gasteiger partial charge in [-0.3, -0.25) is 9.59 Å². The second kappa shape index (κ2) is 13.7. The second-order valence-corrected chi connectivity index (χ2v) is 10.7. The Morgan fingerprint density at radius 1 is 1.12 bits per heavy atom. The first kappa shape index (κ1) is 30.2. The number of amides is 2. The third-order valence-corrected chi connectivity index (χ3v) is 7.39. The first-order chi connectivity index (χ1) is 20.1. The summed E-state index contributed by atoms with van der Waals surface area (Å²) in [5.41, 5.74) is 3.03. The number of carbonyl (C=O) groups excluding carboxylic acids is 2. The van der Waals surface area contributed by atoms with Crippen LogP contribution in [0.2, 0.25) is 0 Å². The number of phenols is 1. The van der Waals surface area contributed by atoms with Gasteiger partial charge in [0, 0.05) is 37.6 Å². The van der Waals surface area contributed by atoms with Crippen LogP contribution in [0.4, 0.5) is 5.95 Å². The molecule has 0 aliphatic carbocycles. The normalized spacial score (nSPS) is 13.3. The zero-order chi connectivity index (χ0) is 30.2. The molecule has 0 bridgehead atoms. The highest BCUT2D eigenvalue weighted by atomic mass is 32.1. The van der Waals surface area contributed by atoms with Crippen molar-refractivity contribution in [2.75, 3.05) is 32.0 Å². The number of carbonyl (C=O) groups is 3. The molecule has 220 valence electrons. The Hall–Kier alpha value is -4.78. The molecule has 12 nitrogen and oxygen atoms in total. The molecule has 4 rings (SSSR count). The van der Waals surface area contributed by atoms with Gasteiger partial charge in [-0.2, -0.15) is 0 Å². The molecule has 0 saturated carbocycles. The molecule has 5 N–H and O–H groups in total. The molecule has 42 heavy (non-hydrogen) atoms. The van der Waals surface area contributed by atoms with Crippen molar-refractivity contribution in [2.24, 2.45) is 0 Å². The van der Waals surface area contributed by atoms with E-state index in [-0.39, 0.29) is 23.6 Å². The van der Waals surface area contributed by atoms with E-state index in [1.807, 2.05) is 36.4 Å². The maximum atomic E-state index is 13.0. The van der Waals surface area contributed by atoms with E-state index in [9.17, 15) is 24.6 Å². The Morgan fingerprint density at radius 2 is 1.88 bits per heavy atom. The van der Waals surface area contributed by atoms with E-state index in [1.54, 1.807) is 37.4 Å². The first-order valence-corrected chi connectivity index (χ1v) is 14.2. The van der Waals surface area contributed by atoms with Crippen LogP contribution in [0.15, 0.2) is 48.0 Å². The van der Waals surface area contributed by atoms with Gasteiger partial charge in [0.25, 0.3) is 11.8 Å². The van der Waals surface area contributed by atoms with Crippen LogP contribution in [0.25, 0.3) is 5.57 Å². The quantitative estimate of drug-likeness (QED) is 0.197. The number of allylic oxidation sites excluding steroid dienone is 2. The summed E-state index contributed by atoms with van der Waals surface area (Å²) >= 11 is 1.32. The number of aliphatic carboxylic acids is 1. The number of nitrogens with zero attached hydrogens (tertiary/aromatic N) is 4. The Bertz CT molecular complexity index is 1510. The fourth-order valence-corrected chi connectivity index (χ4v) is 5.11. The molecule has 0 saturated heterocycles. The average molecular weight is 592 g/mol. The number of phenolic OH excluding ortho intramolecular Hbond substituents is 1. The van der Waals surface area contributed by atoms with Crippen LogP contribution in [0.5, 0.6) is 5.75 Å². The lowest BCUT2D eigenvalue weighted by atomic mass is 10.1. The van der Waals surface area contributed by atoms with Gasteiger partial charge in [-0.1, -0.05) is 18.2 Å². The molecule has 1 aromatic carbocycles. The number of benzene rings is 1. The highest BCUT2D eigenvalue weighted by molar-refractivity contribution is 7.11. The zero-order valence-corrected chi connectivity index (χ0v) is 24.4. The largest absolute Gasteiger partial charge is 0.508 e. The number of likely N-dealkylation sites (N-methyl/N-ethyl adjacent to an activating group) is 1. The molecule has 1 aliphatic heterocycles. The number of anilines is 1. The monoisotopic (exact) mass is 591 g/mol. The van der Waals surface area contributed by atoms with E-state index >= 15 is 0 Å². The van der Waals surface area contributed by atoms with Gasteiger partial charge >= 0.3 is 5.97 Å². The molecule has 2 amide bonds. The Balaban J connectivity index is 1.31. The van der Waals surface area contributed by atoms with Crippen molar-refractivity contribution in [3.05, 3.63) is 81.2 Å². The van der Waals surface area contributed by atoms with Crippen LogP contribution in [0.1, 0.15) is 49.2 Å². The van der Waals surface area contributed by atoms with Crippen LogP contribution >= 0.6 is 11.3 Å². The van der Waals surface area contributed by atoms with Crippen molar-refractivity contribution in [1.29, 1.82) is 0 Å². The van der Waals surface area contributed by atoms with Gasteiger partial charge in [0.05, 0.1) is 17.0 Å². The summed E-state index contributed by atoms with van der Waals surface area (Å²) in [5, 5.41) is 29.7. The summed E-state index contributed by atoms with van der Waals surface area (Å²) in [7, 11) is 1.95.